The largest absolute Gasteiger partial charge is 0.497 e. The van der Waals surface area contributed by atoms with Crippen molar-refractivity contribution in [3.8, 4) is 28.6 Å². The fraction of sp³-hybridized carbons (Fsp3) is 0.214. The van der Waals surface area contributed by atoms with Crippen LogP contribution in [0.2, 0.25) is 0 Å². The first-order chi connectivity index (χ1) is 36.3. The average Bonchev–Trinajstić information content (AvgIpc) is 3.86. The number of ether oxygens (including phenoxy) is 3. The molecule has 0 spiro atoms. The highest BCUT2D eigenvalue weighted by Crippen LogP contribution is 2.31. The number of Topliss-reactive ketones (excluding diaryl/α,β-unsaturated/α-hetero) is 2. The van der Waals surface area contributed by atoms with Crippen LogP contribution < -0.4 is 35.8 Å². The zero-order chi connectivity index (χ0) is 53.0. The van der Waals surface area contributed by atoms with Crippen molar-refractivity contribution in [1.29, 1.82) is 0 Å². The highest BCUT2D eigenvalue weighted by molar-refractivity contribution is 6.82. The van der Waals surface area contributed by atoms with Crippen LogP contribution in [0.5, 0.6) is 11.5 Å². The van der Waals surface area contributed by atoms with Crippen molar-refractivity contribution in [2.75, 3.05) is 68.8 Å². The summed E-state index contributed by atoms with van der Waals surface area (Å²) in [5.41, 5.74) is 9.02. The SMILES string of the molecule is COc1ccc(-n2nc(C(C)=O)c3c2C(=O)N(c2ccc(-n4ccccc4=O)cc2)CC3)cc1.COc1ccc(N/N=C(\Cl)C(C)=O)cc1.O=C1C(N2CCOCC2)=CCCN1c1ccc(-n2ccccc2=O)cc1. The second-order valence-electron chi connectivity index (χ2n) is 17.1. The zero-order valence-electron chi connectivity index (χ0n) is 41.7. The monoisotopic (exact) mass is 1030 g/mol. The number of carbonyl (C=O) groups excluding carboxylic acids is 4. The van der Waals surface area contributed by atoms with Crippen molar-refractivity contribution in [2.45, 2.75) is 26.7 Å². The third-order valence-electron chi connectivity index (χ3n) is 12.4. The molecule has 10 rings (SSSR count). The lowest BCUT2D eigenvalue weighted by atomic mass is 10.0. The average molecular weight is 1030 g/mol. The van der Waals surface area contributed by atoms with Gasteiger partial charge in [0.2, 0.25) is 0 Å². The molecule has 0 radical (unpaired) electrons. The zero-order valence-corrected chi connectivity index (χ0v) is 42.5. The minimum absolute atomic E-state index is 0.0304. The van der Waals surface area contributed by atoms with Crippen LogP contribution in [0.3, 0.4) is 0 Å². The molecule has 75 heavy (non-hydrogen) atoms. The quantitative estimate of drug-likeness (QED) is 0.0723. The first-order valence-corrected chi connectivity index (χ1v) is 24.4. The van der Waals surface area contributed by atoms with Crippen LogP contribution in [0.4, 0.5) is 17.1 Å². The molecule has 0 unspecified atom stereocenters. The van der Waals surface area contributed by atoms with Gasteiger partial charge in [-0.2, -0.15) is 10.2 Å². The van der Waals surface area contributed by atoms with E-state index in [1.165, 1.54) is 35.2 Å². The van der Waals surface area contributed by atoms with Gasteiger partial charge in [-0.15, -0.1) is 0 Å². The number of anilines is 3. The van der Waals surface area contributed by atoms with Gasteiger partial charge in [-0.25, -0.2) is 4.68 Å². The van der Waals surface area contributed by atoms with E-state index >= 15 is 0 Å². The number of nitrogens with zero attached hydrogens (tertiary/aromatic N) is 8. The van der Waals surface area contributed by atoms with Gasteiger partial charge in [0.25, 0.3) is 22.9 Å². The molecule has 3 aliphatic rings. The van der Waals surface area contributed by atoms with Crippen LogP contribution >= 0.6 is 11.6 Å². The van der Waals surface area contributed by atoms with Crippen LogP contribution in [-0.4, -0.2) is 106 Å². The summed E-state index contributed by atoms with van der Waals surface area (Å²) < 4.78 is 20.3. The summed E-state index contributed by atoms with van der Waals surface area (Å²) in [4.78, 5) is 79.3. The molecule has 6 heterocycles. The number of hydrogen-bond donors (Lipinski definition) is 1. The predicted octanol–water partition coefficient (Wildman–Crippen LogP) is 7.48. The van der Waals surface area contributed by atoms with Gasteiger partial charge in [0.1, 0.15) is 22.9 Å². The first-order valence-electron chi connectivity index (χ1n) is 24.0. The molecule has 19 heteroatoms. The lowest BCUT2D eigenvalue weighted by molar-refractivity contribution is -0.117. The smallest absolute Gasteiger partial charge is 0.277 e. The van der Waals surface area contributed by atoms with E-state index in [1.807, 2.05) is 53.4 Å². The minimum Gasteiger partial charge on any atom is -0.497 e. The number of hydrazone groups is 1. The van der Waals surface area contributed by atoms with E-state index in [0.717, 1.165) is 48.0 Å². The van der Waals surface area contributed by atoms with Crippen molar-refractivity contribution in [1.82, 2.24) is 23.8 Å². The van der Waals surface area contributed by atoms with E-state index < -0.39 is 0 Å². The van der Waals surface area contributed by atoms with Crippen molar-refractivity contribution in [3.63, 3.8) is 0 Å². The Kier molecular flexibility index (Phi) is 16.9. The second kappa shape index (κ2) is 24.2. The van der Waals surface area contributed by atoms with Gasteiger partial charge >= 0.3 is 0 Å². The Bertz CT molecular complexity index is 3360. The van der Waals surface area contributed by atoms with Gasteiger partial charge < -0.3 is 28.9 Å². The number of amides is 2. The molecule has 7 aromatic rings. The Morgan fingerprint density at radius 2 is 1.13 bits per heavy atom. The number of morpholine rings is 1. The molecule has 18 nitrogen and oxygen atoms in total. The fourth-order valence-corrected chi connectivity index (χ4v) is 8.54. The second-order valence-corrected chi connectivity index (χ2v) is 17.5. The highest BCUT2D eigenvalue weighted by atomic mass is 35.5. The molecule has 1 saturated heterocycles. The summed E-state index contributed by atoms with van der Waals surface area (Å²) in [5, 5.41) is 8.11. The maximum Gasteiger partial charge on any atom is 0.277 e. The fourth-order valence-electron chi connectivity index (χ4n) is 8.50. The van der Waals surface area contributed by atoms with E-state index in [0.29, 0.717) is 72.5 Å². The third kappa shape index (κ3) is 12.3. The van der Waals surface area contributed by atoms with Crippen molar-refractivity contribution >= 4 is 57.2 Å². The molecule has 0 bridgehead atoms. The minimum atomic E-state index is -0.280. The van der Waals surface area contributed by atoms with Crippen LogP contribution in [-0.2, 0) is 20.7 Å². The molecule has 4 aromatic carbocycles. The number of ketones is 2. The topological polar surface area (TPSA) is 192 Å². The summed E-state index contributed by atoms with van der Waals surface area (Å²) in [7, 11) is 3.17. The highest BCUT2D eigenvalue weighted by Gasteiger charge is 2.34. The summed E-state index contributed by atoms with van der Waals surface area (Å²) in [6, 6.07) is 39.1. The Morgan fingerprint density at radius 3 is 1.64 bits per heavy atom. The van der Waals surface area contributed by atoms with Gasteiger partial charge in [0.15, 0.2) is 16.7 Å². The number of nitrogens with one attached hydrogen (secondary N) is 1. The number of rotatable bonds is 12. The lowest BCUT2D eigenvalue weighted by Crippen LogP contribution is -2.45. The maximum atomic E-state index is 13.7. The number of benzene rings is 4. The summed E-state index contributed by atoms with van der Waals surface area (Å²) >= 11 is 5.54. The van der Waals surface area contributed by atoms with Gasteiger partial charge in [-0.05, 0) is 122 Å². The first kappa shape index (κ1) is 52.5. The van der Waals surface area contributed by atoms with Crippen molar-refractivity contribution in [2.24, 2.45) is 5.10 Å². The summed E-state index contributed by atoms with van der Waals surface area (Å²) in [5.74, 6) is 0.772. The van der Waals surface area contributed by atoms with Gasteiger partial charge in [0.05, 0.1) is 44.5 Å². The van der Waals surface area contributed by atoms with Crippen LogP contribution in [0.1, 0.15) is 46.8 Å². The van der Waals surface area contributed by atoms with Crippen LogP contribution in [0, 0.1) is 0 Å². The normalized spacial score (nSPS) is 14.3. The van der Waals surface area contributed by atoms with E-state index in [9.17, 15) is 28.8 Å². The molecule has 0 saturated carbocycles. The van der Waals surface area contributed by atoms with Gasteiger partial charge in [-0.1, -0.05) is 29.8 Å². The predicted molar refractivity (Wildman–Crippen MR) is 288 cm³/mol. The number of aromatic nitrogens is 4. The van der Waals surface area contributed by atoms with Crippen LogP contribution in [0.15, 0.2) is 172 Å². The van der Waals surface area contributed by atoms with E-state index in [-0.39, 0.29) is 39.7 Å². The maximum absolute atomic E-state index is 13.7. The molecular weight excluding hydrogens is 978 g/mol. The molecule has 3 aliphatic heterocycles. The lowest BCUT2D eigenvalue weighted by Gasteiger charge is -2.35. The van der Waals surface area contributed by atoms with Crippen molar-refractivity contribution < 1.29 is 33.4 Å². The van der Waals surface area contributed by atoms with Crippen molar-refractivity contribution in [3.05, 3.63) is 195 Å². The van der Waals surface area contributed by atoms with E-state index in [1.54, 1.807) is 115 Å². The Balaban J connectivity index is 0.000000161. The van der Waals surface area contributed by atoms with Crippen LogP contribution in [0.25, 0.3) is 17.1 Å². The summed E-state index contributed by atoms with van der Waals surface area (Å²) in [6.45, 7) is 6.71. The standard InChI is InChI=1S/C26H22N4O4.C20H21N3O3.C10H11ClN2O2/c1-17(31)24-22-14-16-29(19-8-6-18(7-9-19)28-15-4-3-5-23(28)32)26(33)25(22)30(27-24)20-10-12-21(34-2)13-11-20;24-19-5-1-2-10-22(19)16-6-8-17(9-7-16)23-11-3-4-18(20(23)25)21-12-14-26-15-13-21;1-7(14)10(11)13-12-8-3-5-9(15-2)6-4-8/h3-13,15H,14,16H2,1-2H3;1-2,4-10H,3,11-15H2;3-6,12H,1-2H3/b;;13-10-. The molecular formula is C56H54ClN9O9. The molecule has 2 amide bonds. The Morgan fingerprint density at radius 1 is 0.627 bits per heavy atom. The molecule has 384 valence electrons. The Labute approximate surface area is 437 Å². The van der Waals surface area contributed by atoms with Gasteiger partial charge in [-0.3, -0.25) is 43.3 Å². The summed E-state index contributed by atoms with van der Waals surface area (Å²) in [6.07, 6.45) is 6.81. The molecule has 1 fully saturated rings. The molecule has 3 aromatic heterocycles. The Hall–Kier alpha value is -8.87. The number of hydrogen-bond acceptors (Lipinski definition) is 13. The number of carbonyl (C=O) groups is 4. The number of halogens is 1. The number of pyridine rings is 2. The van der Waals surface area contributed by atoms with E-state index in [4.69, 9.17) is 25.8 Å². The van der Waals surface area contributed by atoms with Gasteiger partial charge in [0, 0.05) is 92.9 Å². The number of fused-ring (bicyclic) bond motifs is 1. The molecule has 0 aliphatic carbocycles. The number of methoxy groups -OCH3 is 2. The van der Waals surface area contributed by atoms with E-state index in [2.05, 4.69) is 20.5 Å². The third-order valence-corrected chi connectivity index (χ3v) is 12.7. The molecule has 1 N–H and O–H groups in total. The molecule has 0 atom stereocenters.